The van der Waals surface area contributed by atoms with Crippen molar-refractivity contribution in [3.8, 4) is 5.95 Å². The van der Waals surface area contributed by atoms with Gasteiger partial charge in [0.1, 0.15) is 10.6 Å². The number of nitrogens with zero attached hydrogens (tertiary/aromatic N) is 5. The topological polar surface area (TPSA) is 56.1 Å². The van der Waals surface area contributed by atoms with E-state index < -0.39 is 0 Å². The van der Waals surface area contributed by atoms with Crippen LogP contribution in [0.2, 0.25) is 0 Å². The van der Waals surface area contributed by atoms with E-state index >= 15 is 0 Å². The number of aryl methyl sites for hydroxylation is 2. The van der Waals surface area contributed by atoms with Gasteiger partial charge >= 0.3 is 0 Å². The fourth-order valence-corrected chi connectivity index (χ4v) is 4.89. The van der Waals surface area contributed by atoms with Gasteiger partial charge in [-0.2, -0.15) is 15.1 Å². The van der Waals surface area contributed by atoms with Crippen molar-refractivity contribution in [1.29, 1.82) is 0 Å². The van der Waals surface area contributed by atoms with Gasteiger partial charge in [-0.1, -0.05) is 0 Å². The molecule has 0 aliphatic carbocycles. The van der Waals surface area contributed by atoms with Gasteiger partial charge in [0.25, 0.3) is 5.95 Å². The first-order chi connectivity index (χ1) is 12.8. The SMILES string of the molecule is CCN(CC)c1nc(-n2nc(C)cc2C)nc2sc3c(c12)CC(C)(C)OC3. The van der Waals surface area contributed by atoms with E-state index in [4.69, 9.17) is 14.7 Å². The van der Waals surface area contributed by atoms with Crippen LogP contribution in [0.4, 0.5) is 5.82 Å². The summed E-state index contributed by atoms with van der Waals surface area (Å²) in [6.07, 6.45) is 0.888. The van der Waals surface area contributed by atoms with Crippen LogP contribution in [0.25, 0.3) is 16.2 Å². The Bertz CT molecular complexity index is 1000. The van der Waals surface area contributed by atoms with Gasteiger partial charge in [0, 0.05) is 30.1 Å². The Morgan fingerprint density at radius 1 is 1.22 bits per heavy atom. The quantitative estimate of drug-likeness (QED) is 0.674. The van der Waals surface area contributed by atoms with Gasteiger partial charge in [0.2, 0.25) is 0 Å². The summed E-state index contributed by atoms with van der Waals surface area (Å²) in [6, 6.07) is 2.06. The van der Waals surface area contributed by atoms with Crippen molar-refractivity contribution in [2.24, 2.45) is 0 Å². The number of anilines is 1. The second-order valence-electron chi connectivity index (χ2n) is 7.77. The fraction of sp³-hybridized carbons (Fsp3) is 0.550. The van der Waals surface area contributed by atoms with Crippen LogP contribution in [0.3, 0.4) is 0 Å². The summed E-state index contributed by atoms with van der Waals surface area (Å²) in [4.78, 5) is 14.5. The zero-order valence-electron chi connectivity index (χ0n) is 17.0. The summed E-state index contributed by atoms with van der Waals surface area (Å²) in [5.74, 6) is 1.66. The molecule has 0 aromatic carbocycles. The van der Waals surface area contributed by atoms with E-state index in [1.807, 2.05) is 18.5 Å². The molecule has 4 rings (SSSR count). The molecule has 0 bridgehead atoms. The first-order valence-electron chi connectivity index (χ1n) is 9.57. The molecule has 0 saturated heterocycles. The Labute approximate surface area is 164 Å². The summed E-state index contributed by atoms with van der Waals surface area (Å²) < 4.78 is 7.89. The zero-order valence-corrected chi connectivity index (χ0v) is 17.8. The minimum absolute atomic E-state index is 0.157. The molecular formula is C20H27N5OS. The number of hydrogen-bond donors (Lipinski definition) is 0. The Balaban J connectivity index is 1.99. The van der Waals surface area contributed by atoms with Crippen molar-refractivity contribution in [1.82, 2.24) is 19.7 Å². The molecule has 0 fully saturated rings. The molecule has 0 radical (unpaired) electrons. The second kappa shape index (κ2) is 6.56. The lowest BCUT2D eigenvalue weighted by Gasteiger charge is -2.30. The van der Waals surface area contributed by atoms with Gasteiger partial charge in [-0.15, -0.1) is 11.3 Å². The average molecular weight is 386 g/mol. The molecule has 3 aromatic rings. The van der Waals surface area contributed by atoms with Crippen molar-refractivity contribution in [3.63, 3.8) is 0 Å². The Hall–Kier alpha value is -1.99. The number of thiophene rings is 1. The van der Waals surface area contributed by atoms with Crippen molar-refractivity contribution in [2.75, 3.05) is 18.0 Å². The average Bonchev–Trinajstić information content (AvgIpc) is 3.13. The van der Waals surface area contributed by atoms with Crippen LogP contribution in [0.15, 0.2) is 6.07 Å². The molecule has 4 heterocycles. The molecule has 1 aliphatic heterocycles. The molecule has 0 spiro atoms. The van der Waals surface area contributed by atoms with Crippen molar-refractivity contribution < 1.29 is 4.74 Å². The third-order valence-electron chi connectivity index (χ3n) is 5.16. The fourth-order valence-electron chi connectivity index (χ4n) is 3.79. The largest absolute Gasteiger partial charge is 0.370 e. The summed E-state index contributed by atoms with van der Waals surface area (Å²) in [7, 11) is 0. The number of fused-ring (bicyclic) bond motifs is 3. The first-order valence-corrected chi connectivity index (χ1v) is 10.4. The molecule has 0 amide bonds. The van der Waals surface area contributed by atoms with Gasteiger partial charge in [-0.3, -0.25) is 0 Å². The van der Waals surface area contributed by atoms with Crippen LogP contribution in [0.1, 0.15) is 49.5 Å². The van der Waals surface area contributed by atoms with E-state index in [0.717, 1.165) is 41.5 Å². The van der Waals surface area contributed by atoms with Crippen LogP contribution in [-0.4, -0.2) is 38.4 Å². The molecule has 0 N–H and O–H groups in total. The molecule has 144 valence electrons. The van der Waals surface area contributed by atoms with E-state index in [1.165, 1.54) is 15.8 Å². The molecule has 0 atom stereocenters. The maximum absolute atomic E-state index is 6.04. The van der Waals surface area contributed by atoms with Gasteiger partial charge in [-0.05, 0) is 53.2 Å². The standard InChI is InChI=1S/C20H27N5OS/c1-7-24(8-2)17-16-14-10-20(5,6)26-11-15(14)27-18(16)22-19(21-17)25-13(4)9-12(3)23-25/h9H,7-8,10-11H2,1-6H3. The molecule has 3 aromatic heterocycles. The van der Waals surface area contributed by atoms with Gasteiger partial charge in [-0.25, -0.2) is 4.68 Å². The monoisotopic (exact) mass is 385 g/mol. The van der Waals surface area contributed by atoms with Crippen LogP contribution < -0.4 is 4.90 Å². The lowest BCUT2D eigenvalue weighted by molar-refractivity contribution is -0.0379. The smallest absolute Gasteiger partial charge is 0.254 e. The number of hydrogen-bond acceptors (Lipinski definition) is 6. The van der Waals surface area contributed by atoms with Crippen LogP contribution in [-0.2, 0) is 17.8 Å². The predicted molar refractivity (Wildman–Crippen MR) is 110 cm³/mol. The number of ether oxygens (including phenoxy) is 1. The van der Waals surface area contributed by atoms with Crippen LogP contribution in [0, 0.1) is 13.8 Å². The first kappa shape index (κ1) is 18.4. The van der Waals surface area contributed by atoms with Gasteiger partial charge < -0.3 is 9.64 Å². The minimum Gasteiger partial charge on any atom is -0.370 e. The van der Waals surface area contributed by atoms with Gasteiger partial charge in [0.15, 0.2) is 0 Å². The van der Waals surface area contributed by atoms with E-state index in [0.29, 0.717) is 12.6 Å². The summed E-state index contributed by atoms with van der Waals surface area (Å²) in [5.41, 5.74) is 3.22. The molecular weight excluding hydrogens is 358 g/mol. The lowest BCUT2D eigenvalue weighted by atomic mass is 9.94. The predicted octanol–water partition coefficient (Wildman–Crippen LogP) is 4.19. The van der Waals surface area contributed by atoms with E-state index in [-0.39, 0.29) is 5.60 Å². The molecule has 27 heavy (non-hydrogen) atoms. The highest BCUT2D eigenvalue weighted by Crippen LogP contribution is 2.42. The number of rotatable bonds is 4. The molecule has 0 saturated carbocycles. The summed E-state index contributed by atoms with van der Waals surface area (Å²) in [5, 5.41) is 5.79. The summed E-state index contributed by atoms with van der Waals surface area (Å²) in [6.45, 7) is 15.2. The highest BCUT2D eigenvalue weighted by molar-refractivity contribution is 7.19. The molecule has 0 unspecified atom stereocenters. The summed E-state index contributed by atoms with van der Waals surface area (Å²) >= 11 is 1.73. The maximum atomic E-state index is 6.04. The third kappa shape index (κ3) is 3.12. The second-order valence-corrected chi connectivity index (χ2v) is 8.85. The third-order valence-corrected chi connectivity index (χ3v) is 6.26. The van der Waals surface area contributed by atoms with Gasteiger partial charge in [0.05, 0.1) is 23.3 Å². The minimum atomic E-state index is -0.157. The molecule has 1 aliphatic rings. The Kier molecular flexibility index (Phi) is 4.47. The van der Waals surface area contributed by atoms with Crippen molar-refractivity contribution in [2.45, 2.75) is 60.2 Å². The molecule has 6 nitrogen and oxygen atoms in total. The normalized spacial score (nSPS) is 15.9. The highest BCUT2D eigenvalue weighted by Gasteiger charge is 2.32. The Morgan fingerprint density at radius 3 is 2.59 bits per heavy atom. The van der Waals surface area contributed by atoms with E-state index in [9.17, 15) is 0 Å². The zero-order chi connectivity index (χ0) is 19.3. The van der Waals surface area contributed by atoms with E-state index in [2.05, 4.69) is 43.8 Å². The van der Waals surface area contributed by atoms with Crippen LogP contribution in [0.5, 0.6) is 0 Å². The molecule has 7 heteroatoms. The maximum Gasteiger partial charge on any atom is 0.254 e. The van der Waals surface area contributed by atoms with Crippen molar-refractivity contribution in [3.05, 3.63) is 27.9 Å². The van der Waals surface area contributed by atoms with Crippen LogP contribution >= 0.6 is 11.3 Å². The highest BCUT2D eigenvalue weighted by atomic mass is 32.1. The Morgan fingerprint density at radius 2 is 1.96 bits per heavy atom. The van der Waals surface area contributed by atoms with E-state index in [1.54, 1.807) is 11.3 Å². The van der Waals surface area contributed by atoms with Crippen molar-refractivity contribution >= 4 is 27.4 Å². The number of aromatic nitrogens is 4. The lowest BCUT2D eigenvalue weighted by Crippen LogP contribution is -2.31.